The lowest BCUT2D eigenvalue weighted by molar-refractivity contribution is 0.173. The second kappa shape index (κ2) is 5.05. The van der Waals surface area contributed by atoms with Crippen LogP contribution in [0.2, 0.25) is 0 Å². The molecule has 0 unspecified atom stereocenters. The van der Waals surface area contributed by atoms with Gasteiger partial charge in [0, 0.05) is 6.54 Å². The predicted octanol–water partition coefficient (Wildman–Crippen LogP) is 3.32. The molecule has 19 heavy (non-hydrogen) atoms. The minimum absolute atomic E-state index is 0.232. The Bertz CT molecular complexity index is 622. The number of nitrogens with one attached hydrogen (secondary N) is 1. The predicted molar refractivity (Wildman–Crippen MR) is 71.8 cm³/mol. The van der Waals surface area contributed by atoms with Crippen molar-refractivity contribution >= 4 is 21.7 Å². The smallest absolute Gasteiger partial charge is 0.231 e. The van der Waals surface area contributed by atoms with Crippen molar-refractivity contribution in [2.75, 3.05) is 12.1 Å². The molecule has 0 bridgehead atoms. The highest BCUT2D eigenvalue weighted by Gasteiger charge is 2.17. The lowest BCUT2D eigenvalue weighted by atomic mass is 10.2. The maximum absolute atomic E-state index is 12.9. The Morgan fingerprint density at radius 1 is 1.32 bits per heavy atom. The standard InChI is InChI=1S/C13H10BrFN2O2/c14-9-4-8(5-10-13(9)19-7-18-10)6-16-12-3-1-2-11(15)17-12/h1-5H,6-7H2,(H,16,17). The van der Waals surface area contributed by atoms with Crippen LogP contribution in [0.4, 0.5) is 10.2 Å². The first kappa shape index (κ1) is 12.2. The van der Waals surface area contributed by atoms with Gasteiger partial charge < -0.3 is 14.8 Å². The molecule has 2 heterocycles. The van der Waals surface area contributed by atoms with E-state index in [9.17, 15) is 4.39 Å². The number of hydrogen-bond acceptors (Lipinski definition) is 4. The third-order valence-electron chi connectivity index (χ3n) is 2.68. The van der Waals surface area contributed by atoms with Crippen molar-refractivity contribution in [3.05, 3.63) is 46.3 Å². The Morgan fingerprint density at radius 2 is 2.21 bits per heavy atom. The van der Waals surface area contributed by atoms with E-state index in [-0.39, 0.29) is 6.79 Å². The molecule has 0 saturated carbocycles. The van der Waals surface area contributed by atoms with E-state index in [2.05, 4.69) is 26.2 Å². The molecule has 1 N–H and O–H groups in total. The molecule has 1 aliphatic rings. The normalized spacial score (nSPS) is 12.5. The number of halogens is 2. The van der Waals surface area contributed by atoms with Crippen molar-refractivity contribution in [2.45, 2.75) is 6.54 Å². The van der Waals surface area contributed by atoms with Gasteiger partial charge in [0.15, 0.2) is 11.5 Å². The number of hydrogen-bond donors (Lipinski definition) is 1. The quantitative estimate of drug-likeness (QED) is 0.879. The molecular formula is C13H10BrFN2O2. The zero-order valence-corrected chi connectivity index (χ0v) is 11.4. The molecular weight excluding hydrogens is 315 g/mol. The van der Waals surface area contributed by atoms with Gasteiger partial charge in [-0.05, 0) is 45.8 Å². The largest absolute Gasteiger partial charge is 0.454 e. The Morgan fingerprint density at radius 3 is 3.05 bits per heavy atom. The summed E-state index contributed by atoms with van der Waals surface area (Å²) in [4.78, 5) is 3.74. The first-order valence-corrected chi connectivity index (χ1v) is 6.46. The summed E-state index contributed by atoms with van der Waals surface area (Å²) >= 11 is 3.43. The van der Waals surface area contributed by atoms with Crippen LogP contribution in [0.1, 0.15) is 5.56 Å². The van der Waals surface area contributed by atoms with E-state index in [0.717, 1.165) is 10.0 Å². The summed E-state index contributed by atoms with van der Waals surface area (Å²) in [5, 5.41) is 3.05. The molecule has 0 aliphatic carbocycles. The van der Waals surface area contributed by atoms with Gasteiger partial charge in [0.05, 0.1) is 4.47 Å². The van der Waals surface area contributed by atoms with Crippen LogP contribution in [0.5, 0.6) is 11.5 Å². The molecule has 0 saturated heterocycles. The van der Waals surface area contributed by atoms with Gasteiger partial charge in [0.1, 0.15) is 5.82 Å². The highest BCUT2D eigenvalue weighted by molar-refractivity contribution is 9.10. The van der Waals surface area contributed by atoms with Crippen LogP contribution in [-0.4, -0.2) is 11.8 Å². The molecule has 0 fully saturated rings. The van der Waals surface area contributed by atoms with Crippen molar-refractivity contribution in [3.8, 4) is 11.5 Å². The Balaban J connectivity index is 1.76. The maximum Gasteiger partial charge on any atom is 0.231 e. The van der Waals surface area contributed by atoms with Crippen LogP contribution in [0, 0.1) is 5.95 Å². The van der Waals surface area contributed by atoms with Gasteiger partial charge in [-0.3, -0.25) is 0 Å². The molecule has 0 atom stereocenters. The number of fused-ring (bicyclic) bond motifs is 1. The SMILES string of the molecule is Fc1cccc(NCc2cc(Br)c3c(c2)OCO3)n1. The van der Waals surface area contributed by atoms with Gasteiger partial charge in [0.2, 0.25) is 12.7 Å². The van der Waals surface area contributed by atoms with Gasteiger partial charge in [-0.15, -0.1) is 0 Å². The minimum atomic E-state index is -0.503. The number of benzene rings is 1. The minimum Gasteiger partial charge on any atom is -0.454 e. The zero-order valence-electron chi connectivity index (χ0n) is 9.82. The van der Waals surface area contributed by atoms with E-state index in [1.54, 1.807) is 12.1 Å². The molecule has 0 radical (unpaired) electrons. The summed E-state index contributed by atoms with van der Waals surface area (Å²) in [5.74, 6) is 1.41. The van der Waals surface area contributed by atoms with E-state index in [4.69, 9.17) is 9.47 Å². The van der Waals surface area contributed by atoms with Gasteiger partial charge in [0.25, 0.3) is 0 Å². The van der Waals surface area contributed by atoms with E-state index in [1.807, 2.05) is 12.1 Å². The molecule has 98 valence electrons. The zero-order chi connectivity index (χ0) is 13.2. The average molecular weight is 325 g/mol. The molecule has 2 aromatic rings. The summed E-state index contributed by atoms with van der Waals surface area (Å²) in [6, 6.07) is 8.45. The Hall–Kier alpha value is -1.82. The highest BCUT2D eigenvalue weighted by Crippen LogP contribution is 2.40. The number of aromatic nitrogens is 1. The van der Waals surface area contributed by atoms with E-state index >= 15 is 0 Å². The second-order valence-electron chi connectivity index (χ2n) is 4.01. The fourth-order valence-corrected chi connectivity index (χ4v) is 2.43. The van der Waals surface area contributed by atoms with Gasteiger partial charge in [-0.2, -0.15) is 4.39 Å². The number of rotatable bonds is 3. The van der Waals surface area contributed by atoms with Crippen LogP contribution in [0.15, 0.2) is 34.8 Å². The molecule has 6 heteroatoms. The number of anilines is 1. The Labute approximate surface area is 117 Å². The van der Waals surface area contributed by atoms with E-state index < -0.39 is 5.95 Å². The van der Waals surface area contributed by atoms with Crippen molar-refractivity contribution < 1.29 is 13.9 Å². The number of ether oxygens (including phenoxy) is 2. The first-order valence-electron chi connectivity index (χ1n) is 5.67. The molecule has 3 rings (SSSR count). The molecule has 1 aromatic carbocycles. The molecule has 1 aromatic heterocycles. The summed E-state index contributed by atoms with van der Waals surface area (Å²) in [7, 11) is 0. The van der Waals surface area contributed by atoms with Crippen molar-refractivity contribution in [1.29, 1.82) is 0 Å². The van der Waals surface area contributed by atoms with Crippen molar-refractivity contribution in [2.24, 2.45) is 0 Å². The van der Waals surface area contributed by atoms with Crippen LogP contribution in [0.3, 0.4) is 0 Å². The molecule has 1 aliphatic heterocycles. The fourth-order valence-electron chi connectivity index (χ4n) is 1.82. The number of pyridine rings is 1. The average Bonchev–Trinajstić information content (AvgIpc) is 2.85. The topological polar surface area (TPSA) is 43.4 Å². The van der Waals surface area contributed by atoms with Gasteiger partial charge >= 0.3 is 0 Å². The molecule has 0 amide bonds. The van der Waals surface area contributed by atoms with Crippen molar-refractivity contribution in [3.63, 3.8) is 0 Å². The lowest BCUT2D eigenvalue weighted by Crippen LogP contribution is -2.02. The van der Waals surface area contributed by atoms with Crippen LogP contribution < -0.4 is 14.8 Å². The highest BCUT2D eigenvalue weighted by atomic mass is 79.9. The number of nitrogens with zero attached hydrogens (tertiary/aromatic N) is 1. The third kappa shape index (κ3) is 2.63. The summed E-state index contributed by atoms with van der Waals surface area (Å²) in [6.07, 6.45) is 0. The summed E-state index contributed by atoms with van der Waals surface area (Å²) < 4.78 is 24.4. The summed E-state index contributed by atoms with van der Waals surface area (Å²) in [5.41, 5.74) is 0.988. The van der Waals surface area contributed by atoms with Gasteiger partial charge in [-0.25, -0.2) is 4.98 Å². The lowest BCUT2D eigenvalue weighted by Gasteiger charge is -2.07. The van der Waals surface area contributed by atoms with Gasteiger partial charge in [-0.1, -0.05) is 6.07 Å². The van der Waals surface area contributed by atoms with E-state index in [0.29, 0.717) is 23.9 Å². The molecule has 4 nitrogen and oxygen atoms in total. The molecule has 0 spiro atoms. The van der Waals surface area contributed by atoms with Crippen LogP contribution in [-0.2, 0) is 6.54 Å². The van der Waals surface area contributed by atoms with Crippen LogP contribution >= 0.6 is 15.9 Å². The van der Waals surface area contributed by atoms with Crippen LogP contribution in [0.25, 0.3) is 0 Å². The second-order valence-corrected chi connectivity index (χ2v) is 4.86. The van der Waals surface area contributed by atoms with E-state index in [1.165, 1.54) is 6.07 Å². The fraction of sp³-hybridized carbons (Fsp3) is 0.154. The monoisotopic (exact) mass is 324 g/mol. The Kier molecular flexibility index (Phi) is 3.25. The third-order valence-corrected chi connectivity index (χ3v) is 3.26. The first-order chi connectivity index (χ1) is 9.22. The summed E-state index contributed by atoms with van der Waals surface area (Å²) in [6.45, 7) is 0.752. The maximum atomic E-state index is 12.9. The van der Waals surface area contributed by atoms with Crippen molar-refractivity contribution in [1.82, 2.24) is 4.98 Å².